The van der Waals surface area contributed by atoms with Crippen LogP contribution < -0.4 is 5.32 Å². The maximum atomic E-state index is 5.23. The van der Waals surface area contributed by atoms with Gasteiger partial charge in [-0.1, -0.05) is 13.8 Å². The second-order valence-corrected chi connectivity index (χ2v) is 3.77. The van der Waals surface area contributed by atoms with Crippen LogP contribution in [0.2, 0.25) is 0 Å². The van der Waals surface area contributed by atoms with Gasteiger partial charge in [-0.15, -0.1) is 0 Å². The molecule has 0 aliphatic carbocycles. The molecule has 1 aliphatic heterocycles. The van der Waals surface area contributed by atoms with Crippen LogP contribution in [0.4, 0.5) is 0 Å². The second kappa shape index (κ2) is 3.55. The number of hydrogen-bond acceptors (Lipinski definition) is 2. The van der Waals surface area contributed by atoms with Gasteiger partial charge in [0.15, 0.2) is 0 Å². The summed E-state index contributed by atoms with van der Waals surface area (Å²) in [5.74, 6) is 0.671. The topological polar surface area (TPSA) is 21.3 Å². The number of nitrogens with one attached hydrogen (secondary N) is 1. The lowest BCUT2D eigenvalue weighted by Gasteiger charge is -2.32. The van der Waals surface area contributed by atoms with Crippen molar-refractivity contribution >= 4 is 0 Å². The van der Waals surface area contributed by atoms with Gasteiger partial charge >= 0.3 is 0 Å². The summed E-state index contributed by atoms with van der Waals surface area (Å²) < 4.78 is 5.23. The third-order valence-electron chi connectivity index (χ3n) is 2.78. The molecule has 1 N–H and O–H groups in total. The van der Waals surface area contributed by atoms with E-state index in [1.165, 1.54) is 12.8 Å². The molecule has 2 heteroatoms. The Morgan fingerprint density at radius 3 is 2.64 bits per heavy atom. The van der Waals surface area contributed by atoms with Gasteiger partial charge in [0.05, 0.1) is 6.61 Å². The van der Waals surface area contributed by atoms with Crippen LogP contribution in [0.1, 0.15) is 26.7 Å². The van der Waals surface area contributed by atoms with Gasteiger partial charge in [0.1, 0.15) is 0 Å². The van der Waals surface area contributed by atoms with Gasteiger partial charge in [-0.2, -0.15) is 0 Å². The first kappa shape index (κ1) is 9.01. The van der Waals surface area contributed by atoms with E-state index < -0.39 is 0 Å². The zero-order valence-corrected chi connectivity index (χ0v) is 7.81. The summed E-state index contributed by atoms with van der Waals surface area (Å²) in [6.07, 6.45) is 2.56. The van der Waals surface area contributed by atoms with Crippen LogP contribution >= 0.6 is 0 Å². The van der Waals surface area contributed by atoms with Crippen LogP contribution in [-0.2, 0) is 4.74 Å². The smallest absolute Gasteiger partial charge is 0.0647 e. The molecule has 0 spiro atoms. The van der Waals surface area contributed by atoms with Crippen molar-refractivity contribution in [2.45, 2.75) is 32.2 Å². The quantitative estimate of drug-likeness (QED) is 0.669. The fraction of sp³-hybridized carbons (Fsp3) is 1.00. The van der Waals surface area contributed by atoms with E-state index >= 15 is 0 Å². The van der Waals surface area contributed by atoms with E-state index in [0.29, 0.717) is 5.92 Å². The lowest BCUT2D eigenvalue weighted by atomic mass is 9.86. The number of hydrogen-bond donors (Lipinski definition) is 1. The van der Waals surface area contributed by atoms with Gasteiger partial charge < -0.3 is 10.1 Å². The Labute approximate surface area is 69.3 Å². The minimum absolute atomic E-state index is 0.273. The fourth-order valence-corrected chi connectivity index (χ4v) is 1.87. The SMILES string of the molecule is COCC1(C(C)C)CCCN1. The van der Waals surface area contributed by atoms with E-state index in [9.17, 15) is 0 Å². The summed E-state index contributed by atoms with van der Waals surface area (Å²) in [5, 5.41) is 3.55. The first-order valence-corrected chi connectivity index (χ1v) is 4.45. The Balaban J connectivity index is 2.55. The summed E-state index contributed by atoms with van der Waals surface area (Å²) in [6, 6.07) is 0. The molecule has 0 saturated carbocycles. The molecule has 2 nitrogen and oxygen atoms in total. The Bertz CT molecular complexity index is 117. The number of rotatable bonds is 3. The highest BCUT2D eigenvalue weighted by atomic mass is 16.5. The molecule has 66 valence electrons. The van der Waals surface area contributed by atoms with Gasteiger partial charge in [0.2, 0.25) is 0 Å². The molecule has 0 bridgehead atoms. The minimum atomic E-state index is 0.273. The van der Waals surface area contributed by atoms with Gasteiger partial charge in [-0.05, 0) is 25.3 Å². The van der Waals surface area contributed by atoms with Crippen LogP contribution in [0.25, 0.3) is 0 Å². The highest BCUT2D eigenvalue weighted by Gasteiger charge is 2.36. The number of methoxy groups -OCH3 is 1. The maximum absolute atomic E-state index is 5.23. The number of ether oxygens (including phenoxy) is 1. The van der Waals surface area contributed by atoms with Crippen LogP contribution in [0.5, 0.6) is 0 Å². The molecule has 0 amide bonds. The summed E-state index contributed by atoms with van der Waals surface area (Å²) in [5.41, 5.74) is 0.273. The molecule has 1 fully saturated rings. The summed E-state index contributed by atoms with van der Waals surface area (Å²) >= 11 is 0. The van der Waals surface area contributed by atoms with E-state index in [0.717, 1.165) is 13.2 Å². The van der Waals surface area contributed by atoms with Gasteiger partial charge in [-0.3, -0.25) is 0 Å². The van der Waals surface area contributed by atoms with Gasteiger partial charge in [0.25, 0.3) is 0 Å². The average Bonchev–Trinajstić information content (AvgIpc) is 2.38. The Hall–Kier alpha value is -0.0800. The summed E-state index contributed by atoms with van der Waals surface area (Å²) in [6.45, 7) is 6.53. The predicted molar refractivity (Wildman–Crippen MR) is 46.7 cm³/mol. The Morgan fingerprint density at radius 2 is 2.27 bits per heavy atom. The maximum Gasteiger partial charge on any atom is 0.0647 e. The van der Waals surface area contributed by atoms with Crippen molar-refractivity contribution in [2.24, 2.45) is 5.92 Å². The van der Waals surface area contributed by atoms with Crippen LogP contribution in [-0.4, -0.2) is 25.8 Å². The molecule has 11 heavy (non-hydrogen) atoms. The highest BCUT2D eigenvalue weighted by molar-refractivity contribution is 4.95. The Kier molecular flexibility index (Phi) is 2.90. The zero-order chi connectivity index (χ0) is 8.32. The summed E-state index contributed by atoms with van der Waals surface area (Å²) in [4.78, 5) is 0. The molecule has 0 aromatic carbocycles. The van der Waals surface area contributed by atoms with E-state index in [2.05, 4.69) is 19.2 Å². The molecule has 1 aliphatic rings. The molecule has 1 heterocycles. The van der Waals surface area contributed by atoms with Crippen LogP contribution in [0, 0.1) is 5.92 Å². The van der Waals surface area contributed by atoms with E-state index in [1.807, 2.05) is 0 Å². The van der Waals surface area contributed by atoms with Crippen molar-refractivity contribution in [3.05, 3.63) is 0 Å². The van der Waals surface area contributed by atoms with Crippen molar-refractivity contribution in [1.82, 2.24) is 5.32 Å². The molecule has 0 aromatic rings. The van der Waals surface area contributed by atoms with Crippen molar-refractivity contribution in [1.29, 1.82) is 0 Å². The monoisotopic (exact) mass is 157 g/mol. The van der Waals surface area contributed by atoms with Gasteiger partial charge in [-0.25, -0.2) is 0 Å². The van der Waals surface area contributed by atoms with E-state index in [-0.39, 0.29) is 5.54 Å². The van der Waals surface area contributed by atoms with Crippen molar-refractivity contribution < 1.29 is 4.74 Å². The molecule has 1 atom stereocenters. The minimum Gasteiger partial charge on any atom is -0.383 e. The molecule has 1 saturated heterocycles. The predicted octanol–water partition coefficient (Wildman–Crippen LogP) is 1.41. The van der Waals surface area contributed by atoms with Crippen molar-refractivity contribution in [2.75, 3.05) is 20.3 Å². The van der Waals surface area contributed by atoms with E-state index in [4.69, 9.17) is 4.74 Å². The molecular weight excluding hydrogens is 138 g/mol. The molecule has 1 rings (SSSR count). The molecule has 1 unspecified atom stereocenters. The standard InChI is InChI=1S/C9H19NO/c1-8(2)9(7-11-3)5-4-6-10-9/h8,10H,4-7H2,1-3H3. The Morgan fingerprint density at radius 1 is 1.55 bits per heavy atom. The second-order valence-electron chi connectivity index (χ2n) is 3.77. The summed E-state index contributed by atoms with van der Waals surface area (Å²) in [7, 11) is 1.78. The molecule has 0 radical (unpaired) electrons. The van der Waals surface area contributed by atoms with Gasteiger partial charge in [0, 0.05) is 12.6 Å². The van der Waals surface area contributed by atoms with E-state index in [1.54, 1.807) is 7.11 Å². The lowest BCUT2D eigenvalue weighted by molar-refractivity contribution is 0.0913. The highest BCUT2D eigenvalue weighted by Crippen LogP contribution is 2.27. The first-order valence-electron chi connectivity index (χ1n) is 4.45. The van der Waals surface area contributed by atoms with Crippen molar-refractivity contribution in [3.8, 4) is 0 Å². The average molecular weight is 157 g/mol. The normalized spacial score (nSPS) is 31.6. The van der Waals surface area contributed by atoms with Crippen LogP contribution in [0.15, 0.2) is 0 Å². The van der Waals surface area contributed by atoms with Crippen LogP contribution in [0.3, 0.4) is 0 Å². The molecule has 0 aromatic heterocycles. The fourth-order valence-electron chi connectivity index (χ4n) is 1.87. The lowest BCUT2D eigenvalue weighted by Crippen LogP contribution is -2.48. The zero-order valence-electron chi connectivity index (χ0n) is 7.81. The third-order valence-corrected chi connectivity index (χ3v) is 2.78. The largest absolute Gasteiger partial charge is 0.383 e. The van der Waals surface area contributed by atoms with Crippen molar-refractivity contribution in [3.63, 3.8) is 0 Å². The third kappa shape index (κ3) is 1.74. The first-order chi connectivity index (χ1) is 5.21. The molecular formula is C9H19NO.